The number of hydrogen-bond acceptors (Lipinski definition) is 8. The average molecular weight is 827 g/mol. The first kappa shape index (κ1) is 43.4. The van der Waals surface area contributed by atoms with Gasteiger partial charge in [0, 0.05) is 42.2 Å². The number of aromatic amines is 1. The first-order chi connectivity index (χ1) is 28.6. The van der Waals surface area contributed by atoms with Crippen LogP contribution in [0.1, 0.15) is 93.0 Å². The predicted molar refractivity (Wildman–Crippen MR) is 221 cm³/mol. The number of carbonyl (C=O) groups is 5. The van der Waals surface area contributed by atoms with Crippen LogP contribution < -0.4 is 26.6 Å². The summed E-state index contributed by atoms with van der Waals surface area (Å²) in [4.78, 5) is 68.7. The van der Waals surface area contributed by atoms with Crippen LogP contribution >= 0.6 is 0 Å². The van der Waals surface area contributed by atoms with Gasteiger partial charge in [0.1, 0.15) is 17.7 Å². The number of aromatic nitrogens is 3. The summed E-state index contributed by atoms with van der Waals surface area (Å²) < 4.78 is 31.4. The number of piperidine rings is 1. The van der Waals surface area contributed by atoms with Gasteiger partial charge in [-0.25, -0.2) is 18.6 Å². The monoisotopic (exact) mass is 826 g/mol. The summed E-state index contributed by atoms with van der Waals surface area (Å²) in [5.41, 5.74) is 4.22. The number of nitrogens with one attached hydrogen (secondary N) is 6. The van der Waals surface area contributed by atoms with E-state index in [1.165, 1.54) is 0 Å². The van der Waals surface area contributed by atoms with Crippen LogP contribution in [0.3, 0.4) is 0 Å². The third-order valence-corrected chi connectivity index (χ3v) is 10.7. The molecule has 3 aromatic carbocycles. The standard InChI is InChI=1S/C44H52F2N8O6/c1-25-22-31(40(56)50-34-6-5-21-47-41(34)57)17-20-33(25)28-11-7-26(8-12-28)23-35(42(58)49-32-18-15-29(16-19-32)37-52-38(36(45)46)54-53-37)51-39(55)30-13-9-27(10-14-30)24-48-43(59)60-44(2,3)4/h7-8,11-12,15-20,22,27,30,34-36H,5-6,9-10,13-14,21,23-24H2,1-4H3,(H,47,57)(H,48,59)(H,49,58)(H,50,56)(H,51,55)(H,52,53,54). The van der Waals surface area contributed by atoms with Crippen molar-refractivity contribution in [3.05, 3.63) is 89.2 Å². The fourth-order valence-electron chi connectivity index (χ4n) is 7.44. The van der Waals surface area contributed by atoms with E-state index in [4.69, 9.17) is 4.74 Å². The SMILES string of the molecule is Cc1cc(C(=O)NC2CCCNC2=O)ccc1-c1ccc(CC(NC(=O)C2CCC(CNC(=O)OC(C)(C)C)CC2)C(=O)Nc2ccc(-c3n[nH]c(C(F)F)n3)cc2)cc1. The number of anilines is 1. The maximum Gasteiger partial charge on any atom is 0.407 e. The van der Waals surface area contributed by atoms with Gasteiger partial charge >= 0.3 is 6.09 Å². The molecule has 14 nitrogen and oxygen atoms in total. The summed E-state index contributed by atoms with van der Waals surface area (Å²) in [6.45, 7) is 8.38. The Morgan fingerprint density at radius 1 is 0.917 bits per heavy atom. The van der Waals surface area contributed by atoms with Gasteiger partial charge in [0.15, 0.2) is 11.6 Å². The van der Waals surface area contributed by atoms with Crippen molar-refractivity contribution in [2.75, 3.05) is 18.4 Å². The Bertz CT molecular complexity index is 2160. The Labute approximate surface area is 347 Å². The summed E-state index contributed by atoms with van der Waals surface area (Å²) in [6, 6.07) is 17.9. The second kappa shape index (κ2) is 19.3. The molecule has 5 amide bonds. The van der Waals surface area contributed by atoms with Crippen LogP contribution in [-0.2, 0) is 25.5 Å². The van der Waals surface area contributed by atoms with E-state index in [0.29, 0.717) is 49.2 Å². The van der Waals surface area contributed by atoms with Crippen molar-refractivity contribution in [1.82, 2.24) is 36.4 Å². The van der Waals surface area contributed by atoms with E-state index in [1.54, 1.807) is 57.2 Å². The molecular formula is C44H52F2N8O6. The maximum absolute atomic E-state index is 13.9. The van der Waals surface area contributed by atoms with E-state index in [-0.39, 0.29) is 41.8 Å². The average Bonchev–Trinajstić information content (AvgIpc) is 3.72. The smallest absolute Gasteiger partial charge is 0.407 e. The van der Waals surface area contributed by atoms with Gasteiger partial charge in [-0.1, -0.05) is 30.3 Å². The molecule has 16 heteroatoms. The lowest BCUT2D eigenvalue weighted by molar-refractivity contribution is -0.130. The lowest BCUT2D eigenvalue weighted by atomic mass is 9.81. The zero-order valence-electron chi connectivity index (χ0n) is 34.2. The molecule has 0 spiro atoms. The molecule has 1 aliphatic carbocycles. The number of halogens is 2. The van der Waals surface area contributed by atoms with Gasteiger partial charge in [-0.3, -0.25) is 24.3 Å². The number of benzene rings is 3. The second-order valence-corrected chi connectivity index (χ2v) is 16.5. The topological polar surface area (TPSA) is 196 Å². The van der Waals surface area contributed by atoms with Crippen LogP contribution in [0.2, 0.25) is 0 Å². The molecule has 4 aromatic rings. The van der Waals surface area contributed by atoms with Crippen LogP contribution in [0.5, 0.6) is 0 Å². The normalized spacial score (nSPS) is 18.5. The van der Waals surface area contributed by atoms with Crippen molar-refractivity contribution in [2.45, 2.75) is 96.8 Å². The highest BCUT2D eigenvalue weighted by molar-refractivity contribution is 5.99. The molecule has 60 heavy (non-hydrogen) atoms. The van der Waals surface area contributed by atoms with Gasteiger partial charge in [0.05, 0.1) is 0 Å². The predicted octanol–water partition coefficient (Wildman–Crippen LogP) is 6.39. The van der Waals surface area contributed by atoms with Gasteiger partial charge in [0.25, 0.3) is 12.3 Å². The Hall–Kier alpha value is -6.19. The zero-order valence-corrected chi connectivity index (χ0v) is 34.2. The van der Waals surface area contributed by atoms with Crippen molar-refractivity contribution in [1.29, 1.82) is 0 Å². The summed E-state index contributed by atoms with van der Waals surface area (Å²) in [7, 11) is 0. The fraction of sp³-hybridized carbons (Fsp3) is 0.432. The third-order valence-electron chi connectivity index (χ3n) is 10.7. The number of alkyl carbamates (subject to hydrolysis) is 1. The summed E-state index contributed by atoms with van der Waals surface area (Å²) in [6.07, 6.45) is 0.965. The number of H-pyrrole nitrogens is 1. The van der Waals surface area contributed by atoms with Gasteiger partial charge in [0.2, 0.25) is 17.7 Å². The van der Waals surface area contributed by atoms with E-state index in [2.05, 4.69) is 41.8 Å². The highest BCUT2D eigenvalue weighted by atomic mass is 19.3. The number of alkyl halides is 2. The molecule has 2 unspecified atom stereocenters. The third kappa shape index (κ3) is 11.7. The maximum atomic E-state index is 13.9. The molecule has 1 saturated carbocycles. The highest BCUT2D eigenvalue weighted by Crippen LogP contribution is 2.30. The van der Waals surface area contributed by atoms with E-state index in [0.717, 1.165) is 41.5 Å². The molecule has 2 heterocycles. The summed E-state index contributed by atoms with van der Waals surface area (Å²) in [5, 5.41) is 20.4. The molecule has 6 N–H and O–H groups in total. The number of hydrogen-bond donors (Lipinski definition) is 6. The molecule has 1 aliphatic heterocycles. The van der Waals surface area contributed by atoms with Crippen LogP contribution in [-0.4, -0.2) is 75.7 Å². The second-order valence-electron chi connectivity index (χ2n) is 16.5. The molecule has 6 rings (SSSR count). The number of aryl methyl sites for hydroxylation is 1. The van der Waals surface area contributed by atoms with E-state index >= 15 is 0 Å². The highest BCUT2D eigenvalue weighted by Gasteiger charge is 2.31. The lowest BCUT2D eigenvalue weighted by Crippen LogP contribution is -2.50. The van der Waals surface area contributed by atoms with Crippen LogP contribution in [0.15, 0.2) is 66.7 Å². The quantitative estimate of drug-likeness (QED) is 0.0892. The minimum atomic E-state index is -2.79. The van der Waals surface area contributed by atoms with Gasteiger partial charge in [-0.05, 0) is 131 Å². The Kier molecular flexibility index (Phi) is 13.9. The summed E-state index contributed by atoms with van der Waals surface area (Å²) >= 11 is 0. The molecule has 0 radical (unpaired) electrons. The number of amides is 5. The molecule has 318 valence electrons. The fourth-order valence-corrected chi connectivity index (χ4v) is 7.44. The molecule has 2 aliphatic rings. The Balaban J connectivity index is 1.12. The van der Waals surface area contributed by atoms with Gasteiger partial charge in [-0.15, -0.1) is 0 Å². The van der Waals surface area contributed by atoms with Crippen LogP contribution in [0.25, 0.3) is 22.5 Å². The molecule has 0 bridgehead atoms. The number of carbonyl (C=O) groups excluding carboxylic acids is 5. The largest absolute Gasteiger partial charge is 0.444 e. The lowest BCUT2D eigenvalue weighted by Gasteiger charge is -2.29. The zero-order chi connectivity index (χ0) is 43.0. The number of rotatable bonds is 13. The summed E-state index contributed by atoms with van der Waals surface area (Å²) in [5.74, 6) is -1.73. The van der Waals surface area contributed by atoms with Crippen molar-refractivity contribution in [3.8, 4) is 22.5 Å². The first-order valence-electron chi connectivity index (χ1n) is 20.3. The van der Waals surface area contributed by atoms with E-state index in [9.17, 15) is 32.8 Å². The van der Waals surface area contributed by atoms with Crippen molar-refractivity contribution in [3.63, 3.8) is 0 Å². The van der Waals surface area contributed by atoms with Crippen LogP contribution in [0.4, 0.5) is 19.3 Å². The van der Waals surface area contributed by atoms with Crippen molar-refractivity contribution in [2.24, 2.45) is 11.8 Å². The molecular weight excluding hydrogens is 775 g/mol. The number of nitrogens with zero attached hydrogens (tertiary/aromatic N) is 2. The van der Waals surface area contributed by atoms with E-state index < -0.39 is 41.9 Å². The molecule has 2 fully saturated rings. The molecule has 1 saturated heterocycles. The Morgan fingerprint density at radius 3 is 2.25 bits per heavy atom. The van der Waals surface area contributed by atoms with Gasteiger partial charge in [-0.2, -0.15) is 5.10 Å². The first-order valence-corrected chi connectivity index (χ1v) is 20.3. The number of ether oxygens (including phenoxy) is 1. The minimum Gasteiger partial charge on any atom is -0.444 e. The van der Waals surface area contributed by atoms with Gasteiger partial charge < -0.3 is 31.3 Å². The Morgan fingerprint density at radius 2 is 1.62 bits per heavy atom. The minimum absolute atomic E-state index is 0.0915. The van der Waals surface area contributed by atoms with Crippen molar-refractivity contribution < 1.29 is 37.5 Å². The van der Waals surface area contributed by atoms with E-state index in [1.807, 2.05) is 37.3 Å². The molecule has 2 atom stereocenters. The van der Waals surface area contributed by atoms with Crippen LogP contribution in [0, 0.1) is 18.8 Å². The molecule has 1 aromatic heterocycles. The van der Waals surface area contributed by atoms with Crippen molar-refractivity contribution >= 4 is 35.4 Å².